The summed E-state index contributed by atoms with van der Waals surface area (Å²) >= 11 is 0. The number of nitro benzene ring substituents is 1. The fourth-order valence-electron chi connectivity index (χ4n) is 3.56. The summed E-state index contributed by atoms with van der Waals surface area (Å²) in [7, 11) is 0. The second-order valence-corrected chi connectivity index (χ2v) is 8.72. The fraction of sp³-hybridized carbons (Fsp3) is 0.600. The number of anilines is 1. The molecule has 2 heterocycles. The van der Waals surface area contributed by atoms with Gasteiger partial charge in [0.15, 0.2) is 0 Å². The fourth-order valence-corrected chi connectivity index (χ4v) is 3.56. The van der Waals surface area contributed by atoms with Crippen molar-refractivity contribution in [2.45, 2.75) is 40.2 Å². The highest BCUT2D eigenvalue weighted by Crippen LogP contribution is 2.32. The van der Waals surface area contributed by atoms with Crippen LogP contribution in [0.5, 0.6) is 0 Å². The number of hydrogen-bond donors (Lipinski definition) is 0. The van der Waals surface area contributed by atoms with Gasteiger partial charge in [-0.15, -0.1) is 5.06 Å². The Bertz CT molecular complexity index is 820. The van der Waals surface area contributed by atoms with Crippen LogP contribution in [0, 0.1) is 15.5 Å². The van der Waals surface area contributed by atoms with Crippen molar-refractivity contribution in [3.8, 4) is 0 Å². The van der Waals surface area contributed by atoms with Crippen LogP contribution >= 0.6 is 0 Å². The normalized spacial score (nSPS) is 20.4. The molecule has 0 radical (unpaired) electrons. The first kappa shape index (κ1) is 21.2. The summed E-state index contributed by atoms with van der Waals surface area (Å²) in [6.45, 7) is 9.89. The van der Waals surface area contributed by atoms with Crippen LogP contribution in [0.2, 0.25) is 0 Å². The van der Waals surface area contributed by atoms with E-state index < -0.39 is 10.3 Å². The lowest BCUT2D eigenvalue weighted by Crippen LogP contribution is -2.55. The van der Waals surface area contributed by atoms with Crippen molar-refractivity contribution in [2.75, 3.05) is 37.6 Å². The second-order valence-electron chi connectivity index (χ2n) is 8.72. The molecule has 1 aromatic rings. The van der Waals surface area contributed by atoms with Gasteiger partial charge >= 0.3 is 5.97 Å². The number of piperazine rings is 1. The first-order valence-corrected chi connectivity index (χ1v) is 9.85. The molecule has 0 aromatic heterocycles. The lowest BCUT2D eigenvalue weighted by molar-refractivity contribution is -0.384. The van der Waals surface area contributed by atoms with E-state index in [2.05, 4.69) is 0 Å². The molecule has 0 bridgehead atoms. The molecular formula is C20H28N4O5. The van der Waals surface area contributed by atoms with Crippen LogP contribution in [0.25, 0.3) is 0 Å². The molecule has 158 valence electrons. The van der Waals surface area contributed by atoms with Crippen LogP contribution in [0.3, 0.4) is 0 Å². The zero-order valence-electron chi connectivity index (χ0n) is 17.4. The van der Waals surface area contributed by atoms with Crippen LogP contribution in [0.4, 0.5) is 11.4 Å². The zero-order valence-corrected chi connectivity index (χ0v) is 17.4. The van der Waals surface area contributed by atoms with Crippen molar-refractivity contribution in [2.24, 2.45) is 5.41 Å². The molecule has 0 N–H and O–H groups in total. The SMILES string of the molecule is C[C@@H]1CN(CC(=O)N2CCc3ccc([N+](=O)[O-])cc32)CCN1OC(=O)C(C)(C)C. The number of carbonyl (C=O) groups excluding carboxylic acids is 2. The summed E-state index contributed by atoms with van der Waals surface area (Å²) in [5.41, 5.74) is 1.01. The summed E-state index contributed by atoms with van der Waals surface area (Å²) in [6.07, 6.45) is 0.700. The van der Waals surface area contributed by atoms with Crippen LogP contribution in [-0.4, -0.2) is 65.5 Å². The van der Waals surface area contributed by atoms with Gasteiger partial charge in [-0.1, -0.05) is 6.07 Å². The molecule has 1 aromatic carbocycles. The Morgan fingerprint density at radius 1 is 1.24 bits per heavy atom. The molecule has 1 saturated heterocycles. The van der Waals surface area contributed by atoms with Gasteiger partial charge in [-0.3, -0.25) is 19.8 Å². The smallest absolute Gasteiger partial charge is 0.330 e. The van der Waals surface area contributed by atoms with Gasteiger partial charge in [-0.25, -0.2) is 4.79 Å². The molecular weight excluding hydrogens is 376 g/mol. The van der Waals surface area contributed by atoms with E-state index >= 15 is 0 Å². The molecule has 0 saturated carbocycles. The van der Waals surface area contributed by atoms with Gasteiger partial charge in [0.1, 0.15) is 0 Å². The van der Waals surface area contributed by atoms with E-state index in [4.69, 9.17) is 4.84 Å². The number of carbonyl (C=O) groups is 2. The molecule has 0 unspecified atom stereocenters. The van der Waals surface area contributed by atoms with E-state index in [9.17, 15) is 19.7 Å². The Hall–Kier alpha value is -2.52. The Labute approximate surface area is 170 Å². The van der Waals surface area contributed by atoms with Gasteiger partial charge in [-0.2, -0.15) is 0 Å². The summed E-state index contributed by atoms with van der Waals surface area (Å²) in [4.78, 5) is 44.8. The monoisotopic (exact) mass is 404 g/mol. The third-order valence-electron chi connectivity index (χ3n) is 5.30. The average Bonchev–Trinajstić information content (AvgIpc) is 3.06. The highest BCUT2D eigenvalue weighted by Gasteiger charge is 2.33. The van der Waals surface area contributed by atoms with Gasteiger partial charge in [0.2, 0.25) is 5.91 Å². The van der Waals surface area contributed by atoms with E-state index in [-0.39, 0.29) is 30.2 Å². The molecule has 0 spiro atoms. The maximum atomic E-state index is 12.9. The first-order valence-electron chi connectivity index (χ1n) is 9.85. The highest BCUT2D eigenvalue weighted by atomic mass is 16.7. The predicted octanol–water partition coefficient (Wildman–Crippen LogP) is 1.99. The lowest BCUT2D eigenvalue weighted by atomic mass is 9.98. The van der Waals surface area contributed by atoms with Crippen molar-refractivity contribution in [3.63, 3.8) is 0 Å². The Morgan fingerprint density at radius 3 is 2.59 bits per heavy atom. The standard InChI is InChI=1S/C20H28N4O5/c1-14-12-21(9-10-23(14)29-19(26)20(2,3)4)13-18(25)22-8-7-15-5-6-16(24(27)28)11-17(15)22/h5-6,11,14H,7-10,12-13H2,1-4H3/t14-/m1/s1. The highest BCUT2D eigenvalue weighted by molar-refractivity contribution is 5.97. The second kappa shape index (κ2) is 8.08. The van der Waals surface area contributed by atoms with Crippen molar-refractivity contribution >= 4 is 23.3 Å². The molecule has 0 aliphatic carbocycles. The lowest BCUT2D eigenvalue weighted by Gasteiger charge is -2.39. The van der Waals surface area contributed by atoms with E-state index in [0.717, 1.165) is 5.56 Å². The van der Waals surface area contributed by atoms with E-state index in [1.54, 1.807) is 16.0 Å². The number of hydroxylamine groups is 2. The Balaban J connectivity index is 1.59. The van der Waals surface area contributed by atoms with Crippen LogP contribution in [0.1, 0.15) is 33.3 Å². The van der Waals surface area contributed by atoms with Crippen molar-refractivity contribution in [1.82, 2.24) is 9.96 Å². The molecule has 1 atom stereocenters. The molecule has 9 heteroatoms. The molecule has 2 aliphatic rings. The molecule has 1 amide bonds. The minimum absolute atomic E-state index is 0.00801. The van der Waals surface area contributed by atoms with Crippen LogP contribution in [0.15, 0.2) is 18.2 Å². The largest absolute Gasteiger partial charge is 0.367 e. The topological polar surface area (TPSA) is 96.2 Å². The molecule has 9 nitrogen and oxygen atoms in total. The summed E-state index contributed by atoms with van der Waals surface area (Å²) in [5, 5.41) is 12.7. The van der Waals surface area contributed by atoms with E-state index in [1.807, 2.05) is 32.6 Å². The summed E-state index contributed by atoms with van der Waals surface area (Å²) < 4.78 is 0. The number of fused-ring (bicyclic) bond motifs is 1. The molecule has 3 rings (SSSR count). The Kier molecular flexibility index (Phi) is 5.90. The maximum absolute atomic E-state index is 12.9. The van der Waals surface area contributed by atoms with Gasteiger partial charge in [0.25, 0.3) is 5.69 Å². The van der Waals surface area contributed by atoms with Crippen LogP contribution < -0.4 is 4.90 Å². The first-order chi connectivity index (χ1) is 13.6. The number of nitrogens with zero attached hydrogens (tertiary/aromatic N) is 4. The van der Waals surface area contributed by atoms with E-state index in [1.165, 1.54) is 12.1 Å². The number of non-ortho nitro benzene ring substituents is 1. The minimum Gasteiger partial charge on any atom is -0.367 e. The van der Waals surface area contributed by atoms with Crippen molar-refractivity contribution in [1.29, 1.82) is 0 Å². The van der Waals surface area contributed by atoms with Gasteiger partial charge in [-0.05, 0) is 39.7 Å². The maximum Gasteiger partial charge on any atom is 0.330 e. The van der Waals surface area contributed by atoms with Crippen LogP contribution in [-0.2, 0) is 20.8 Å². The van der Waals surface area contributed by atoms with Gasteiger partial charge < -0.3 is 9.74 Å². The minimum atomic E-state index is -0.571. The van der Waals surface area contributed by atoms with Gasteiger partial charge in [0, 0.05) is 38.3 Å². The number of hydrogen-bond acceptors (Lipinski definition) is 7. The number of rotatable bonds is 4. The van der Waals surface area contributed by atoms with Crippen molar-refractivity contribution in [3.05, 3.63) is 33.9 Å². The number of amides is 1. The van der Waals surface area contributed by atoms with Crippen molar-refractivity contribution < 1.29 is 19.3 Å². The quantitative estimate of drug-likeness (QED) is 0.559. The van der Waals surface area contributed by atoms with E-state index in [0.29, 0.717) is 38.3 Å². The third-order valence-corrected chi connectivity index (χ3v) is 5.30. The zero-order chi connectivity index (χ0) is 21.3. The summed E-state index contributed by atoms with van der Waals surface area (Å²) in [6, 6.07) is 4.65. The third kappa shape index (κ3) is 4.73. The summed E-state index contributed by atoms with van der Waals surface area (Å²) in [5.74, 6) is -0.347. The molecule has 1 fully saturated rings. The average molecular weight is 404 g/mol. The molecule has 2 aliphatic heterocycles. The van der Waals surface area contributed by atoms with Gasteiger partial charge in [0.05, 0.1) is 28.6 Å². The predicted molar refractivity (Wildman–Crippen MR) is 107 cm³/mol. The molecule has 29 heavy (non-hydrogen) atoms. The number of benzene rings is 1. The number of nitro groups is 1. The Morgan fingerprint density at radius 2 is 1.97 bits per heavy atom.